The van der Waals surface area contributed by atoms with Crippen molar-refractivity contribution in [2.24, 2.45) is 11.3 Å². The van der Waals surface area contributed by atoms with Gasteiger partial charge < -0.3 is 10.0 Å². The van der Waals surface area contributed by atoms with E-state index >= 15 is 0 Å². The number of benzene rings is 1. The van der Waals surface area contributed by atoms with Gasteiger partial charge >= 0.3 is 0 Å². The molecule has 2 aliphatic rings. The summed E-state index contributed by atoms with van der Waals surface area (Å²) in [6, 6.07) is 6.02. The van der Waals surface area contributed by atoms with Gasteiger partial charge in [0.25, 0.3) is 0 Å². The van der Waals surface area contributed by atoms with Crippen molar-refractivity contribution in [1.29, 1.82) is 0 Å². The van der Waals surface area contributed by atoms with Crippen LogP contribution >= 0.6 is 0 Å². The largest absolute Gasteiger partial charge is 0.388 e. The van der Waals surface area contributed by atoms with Gasteiger partial charge in [-0.2, -0.15) is 0 Å². The van der Waals surface area contributed by atoms with Crippen LogP contribution in [-0.2, 0) is 11.2 Å². The standard InChI is InChI=1S/C16H21NO2/c1-16(2)9-12(16)15(19)11-4-6-13-10(8-11)5-7-14(18)17(13)3/h4,6,8,12,15,19H,5,7,9H2,1-3H3. The van der Waals surface area contributed by atoms with Crippen LogP contribution in [0.5, 0.6) is 0 Å². The molecule has 19 heavy (non-hydrogen) atoms. The van der Waals surface area contributed by atoms with E-state index in [4.69, 9.17) is 0 Å². The molecule has 0 radical (unpaired) electrons. The zero-order chi connectivity index (χ0) is 13.8. The number of amides is 1. The highest BCUT2D eigenvalue weighted by molar-refractivity contribution is 5.95. The van der Waals surface area contributed by atoms with Crippen LogP contribution in [-0.4, -0.2) is 18.1 Å². The molecule has 1 amide bonds. The Labute approximate surface area is 114 Å². The number of rotatable bonds is 2. The van der Waals surface area contributed by atoms with E-state index in [0.717, 1.165) is 24.1 Å². The van der Waals surface area contributed by atoms with Gasteiger partial charge in [-0.3, -0.25) is 4.79 Å². The van der Waals surface area contributed by atoms with E-state index in [-0.39, 0.29) is 17.4 Å². The maximum absolute atomic E-state index is 11.7. The van der Waals surface area contributed by atoms with E-state index in [1.54, 1.807) is 4.90 Å². The van der Waals surface area contributed by atoms with Crippen LogP contribution in [0, 0.1) is 11.3 Å². The Hall–Kier alpha value is -1.35. The van der Waals surface area contributed by atoms with Crippen LogP contribution in [0.3, 0.4) is 0 Å². The van der Waals surface area contributed by atoms with Crippen LogP contribution < -0.4 is 4.90 Å². The first kappa shape index (κ1) is 12.7. The lowest BCUT2D eigenvalue weighted by atomic mass is 9.94. The molecule has 0 aromatic heterocycles. The number of nitrogens with zero attached hydrogens (tertiary/aromatic N) is 1. The van der Waals surface area contributed by atoms with Crippen molar-refractivity contribution >= 4 is 11.6 Å². The van der Waals surface area contributed by atoms with E-state index in [2.05, 4.69) is 19.9 Å². The van der Waals surface area contributed by atoms with E-state index in [1.807, 2.05) is 19.2 Å². The second kappa shape index (κ2) is 4.07. The number of anilines is 1. The van der Waals surface area contributed by atoms with Crippen LogP contribution in [0.15, 0.2) is 18.2 Å². The molecular weight excluding hydrogens is 238 g/mol. The van der Waals surface area contributed by atoms with Gasteiger partial charge in [-0.05, 0) is 41.4 Å². The fraction of sp³-hybridized carbons (Fsp3) is 0.562. The zero-order valence-corrected chi connectivity index (χ0v) is 11.8. The van der Waals surface area contributed by atoms with Gasteiger partial charge in [0.05, 0.1) is 6.10 Å². The number of carbonyl (C=O) groups excluding carboxylic acids is 1. The van der Waals surface area contributed by atoms with Crippen molar-refractivity contribution < 1.29 is 9.90 Å². The molecule has 1 saturated carbocycles. The lowest BCUT2D eigenvalue weighted by Crippen LogP contribution is -2.31. The third-order valence-electron chi connectivity index (χ3n) is 4.76. The predicted octanol–water partition coefficient (Wildman–Crippen LogP) is 2.68. The lowest BCUT2D eigenvalue weighted by molar-refractivity contribution is -0.118. The fourth-order valence-corrected chi connectivity index (χ4v) is 3.14. The van der Waals surface area contributed by atoms with Crippen molar-refractivity contribution in [3.05, 3.63) is 29.3 Å². The highest BCUT2D eigenvalue weighted by Gasteiger charge is 2.50. The second-order valence-electron chi connectivity index (χ2n) is 6.58. The average Bonchev–Trinajstić information content (AvgIpc) is 3.02. The number of carbonyl (C=O) groups is 1. The summed E-state index contributed by atoms with van der Waals surface area (Å²) in [6.45, 7) is 4.40. The van der Waals surface area contributed by atoms with Gasteiger partial charge in [0.1, 0.15) is 0 Å². The summed E-state index contributed by atoms with van der Waals surface area (Å²) in [5, 5.41) is 10.4. The van der Waals surface area contributed by atoms with Gasteiger partial charge in [0.2, 0.25) is 5.91 Å². The molecule has 2 unspecified atom stereocenters. The Kier molecular flexibility index (Phi) is 2.72. The number of aryl methyl sites for hydroxylation is 1. The van der Waals surface area contributed by atoms with Gasteiger partial charge in [0, 0.05) is 19.2 Å². The first-order valence-corrected chi connectivity index (χ1v) is 6.97. The number of fused-ring (bicyclic) bond motifs is 1. The van der Waals surface area contributed by atoms with Gasteiger partial charge in [-0.15, -0.1) is 0 Å². The van der Waals surface area contributed by atoms with Crippen molar-refractivity contribution in [2.45, 2.75) is 39.2 Å². The van der Waals surface area contributed by atoms with Crippen molar-refractivity contribution in [3.8, 4) is 0 Å². The molecule has 2 atom stereocenters. The molecule has 1 fully saturated rings. The Morgan fingerprint density at radius 2 is 2.05 bits per heavy atom. The smallest absolute Gasteiger partial charge is 0.227 e. The van der Waals surface area contributed by atoms with Crippen LogP contribution in [0.25, 0.3) is 0 Å². The molecule has 3 rings (SSSR count). The summed E-state index contributed by atoms with van der Waals surface area (Å²) in [4.78, 5) is 13.4. The summed E-state index contributed by atoms with van der Waals surface area (Å²) < 4.78 is 0. The Balaban J connectivity index is 1.88. The molecule has 0 spiro atoms. The maximum Gasteiger partial charge on any atom is 0.227 e. The summed E-state index contributed by atoms with van der Waals surface area (Å²) in [5.74, 6) is 0.539. The van der Waals surface area contributed by atoms with Crippen molar-refractivity contribution in [2.75, 3.05) is 11.9 Å². The number of hydrogen-bond donors (Lipinski definition) is 1. The Morgan fingerprint density at radius 3 is 2.68 bits per heavy atom. The van der Waals surface area contributed by atoms with Crippen molar-refractivity contribution in [3.63, 3.8) is 0 Å². The van der Waals surface area contributed by atoms with Gasteiger partial charge in [-0.25, -0.2) is 0 Å². The number of hydrogen-bond acceptors (Lipinski definition) is 2. The third kappa shape index (κ3) is 2.06. The summed E-state index contributed by atoms with van der Waals surface area (Å²) in [6.07, 6.45) is 2.07. The second-order valence-corrected chi connectivity index (χ2v) is 6.58. The van der Waals surface area contributed by atoms with Gasteiger partial charge in [0.15, 0.2) is 0 Å². The maximum atomic E-state index is 11.7. The fourth-order valence-electron chi connectivity index (χ4n) is 3.14. The minimum absolute atomic E-state index is 0.170. The SMILES string of the molecule is CN1C(=O)CCc2cc(C(O)C3CC3(C)C)ccc21. The molecule has 0 bridgehead atoms. The quantitative estimate of drug-likeness (QED) is 0.887. The lowest BCUT2D eigenvalue weighted by Gasteiger charge is -2.27. The molecule has 1 heterocycles. The minimum atomic E-state index is -0.372. The van der Waals surface area contributed by atoms with Crippen LogP contribution in [0.1, 0.15) is 43.9 Å². The van der Waals surface area contributed by atoms with E-state index in [1.165, 1.54) is 5.56 Å². The molecule has 1 aliphatic heterocycles. The Morgan fingerprint density at radius 1 is 1.37 bits per heavy atom. The van der Waals surface area contributed by atoms with E-state index in [0.29, 0.717) is 12.3 Å². The molecule has 3 heteroatoms. The molecule has 1 N–H and O–H groups in total. The van der Waals surface area contributed by atoms with Crippen LogP contribution in [0.2, 0.25) is 0 Å². The molecule has 1 aromatic carbocycles. The van der Waals surface area contributed by atoms with E-state index < -0.39 is 0 Å². The molecule has 1 aliphatic carbocycles. The normalized spacial score (nSPS) is 26.0. The number of aliphatic hydroxyl groups is 1. The highest BCUT2D eigenvalue weighted by atomic mass is 16.3. The highest BCUT2D eigenvalue weighted by Crippen LogP contribution is 2.57. The Bertz CT molecular complexity index is 536. The van der Waals surface area contributed by atoms with Crippen LogP contribution in [0.4, 0.5) is 5.69 Å². The number of aliphatic hydroxyl groups excluding tert-OH is 1. The molecule has 3 nitrogen and oxygen atoms in total. The summed E-state index contributed by atoms with van der Waals surface area (Å²) in [5.41, 5.74) is 3.43. The van der Waals surface area contributed by atoms with Crippen molar-refractivity contribution in [1.82, 2.24) is 0 Å². The molecule has 1 aromatic rings. The van der Waals surface area contributed by atoms with Gasteiger partial charge in [-0.1, -0.05) is 26.0 Å². The first-order chi connectivity index (χ1) is 8.90. The average molecular weight is 259 g/mol. The summed E-state index contributed by atoms with van der Waals surface area (Å²) in [7, 11) is 1.82. The minimum Gasteiger partial charge on any atom is -0.388 e. The molecule has 102 valence electrons. The third-order valence-corrected chi connectivity index (χ3v) is 4.76. The monoisotopic (exact) mass is 259 g/mol. The zero-order valence-electron chi connectivity index (χ0n) is 11.8. The predicted molar refractivity (Wildman–Crippen MR) is 75.0 cm³/mol. The molecular formula is C16H21NO2. The first-order valence-electron chi connectivity index (χ1n) is 6.97. The van der Waals surface area contributed by atoms with E-state index in [9.17, 15) is 9.90 Å². The molecule has 0 saturated heterocycles. The summed E-state index contributed by atoms with van der Waals surface area (Å²) >= 11 is 0. The topological polar surface area (TPSA) is 40.5 Å².